The molecular formula is C21H42. The van der Waals surface area contributed by atoms with Gasteiger partial charge in [0.05, 0.1) is 0 Å². The van der Waals surface area contributed by atoms with E-state index in [0.717, 1.165) is 17.8 Å². The van der Waals surface area contributed by atoms with E-state index in [4.69, 9.17) is 0 Å². The average molecular weight is 295 g/mol. The second-order valence-corrected chi connectivity index (χ2v) is 7.47. The van der Waals surface area contributed by atoms with Gasteiger partial charge in [-0.2, -0.15) is 0 Å². The van der Waals surface area contributed by atoms with E-state index in [1.165, 1.54) is 70.6 Å². The predicted octanol–water partition coefficient (Wildman–Crippen LogP) is 7.78. The van der Waals surface area contributed by atoms with Crippen molar-refractivity contribution >= 4 is 0 Å². The van der Waals surface area contributed by atoms with Crippen molar-refractivity contribution < 1.29 is 0 Å². The maximum Gasteiger partial charge on any atom is -0.0262 e. The summed E-state index contributed by atoms with van der Waals surface area (Å²) in [5, 5.41) is 0. The Bertz CT molecular complexity index is 226. The first-order valence-electron chi connectivity index (χ1n) is 9.74. The molecule has 0 aliphatic heterocycles. The molecule has 0 aromatic rings. The van der Waals surface area contributed by atoms with Crippen molar-refractivity contribution in [2.75, 3.05) is 0 Å². The Balaban J connectivity index is 3.23. The van der Waals surface area contributed by atoms with Gasteiger partial charge in [0.1, 0.15) is 0 Å². The van der Waals surface area contributed by atoms with Crippen molar-refractivity contribution in [1.82, 2.24) is 0 Å². The summed E-state index contributed by atoms with van der Waals surface area (Å²) in [6, 6.07) is 0. The minimum absolute atomic E-state index is 0.781. The molecule has 0 saturated heterocycles. The quantitative estimate of drug-likeness (QED) is 0.226. The van der Waals surface area contributed by atoms with Crippen molar-refractivity contribution in [3.63, 3.8) is 0 Å². The summed E-state index contributed by atoms with van der Waals surface area (Å²) in [5.41, 5.74) is 0. The van der Waals surface area contributed by atoms with Crippen molar-refractivity contribution in [2.45, 2.75) is 105 Å². The molecule has 0 aromatic heterocycles. The van der Waals surface area contributed by atoms with E-state index in [2.05, 4.69) is 46.8 Å². The molecule has 21 heavy (non-hydrogen) atoms. The molecule has 0 N–H and O–H groups in total. The number of rotatable bonds is 14. The number of allylic oxidation sites excluding steroid dienone is 2. The highest BCUT2D eigenvalue weighted by Crippen LogP contribution is 2.18. The lowest BCUT2D eigenvalue weighted by Crippen LogP contribution is -2.03. The van der Waals surface area contributed by atoms with Gasteiger partial charge in [0.25, 0.3) is 0 Å². The summed E-state index contributed by atoms with van der Waals surface area (Å²) in [6.45, 7) is 11.7. The molecule has 0 heterocycles. The smallest absolute Gasteiger partial charge is 0.0262 e. The van der Waals surface area contributed by atoms with Gasteiger partial charge in [-0.1, -0.05) is 98.1 Å². The zero-order valence-corrected chi connectivity index (χ0v) is 15.7. The molecule has 0 nitrogen and oxygen atoms in total. The molecule has 0 aliphatic carbocycles. The van der Waals surface area contributed by atoms with Gasteiger partial charge in [0.15, 0.2) is 0 Å². The minimum Gasteiger partial charge on any atom is -0.0883 e. The van der Waals surface area contributed by atoms with Gasteiger partial charge < -0.3 is 0 Å². The summed E-state index contributed by atoms with van der Waals surface area (Å²) in [6.07, 6.45) is 20.2. The molecule has 0 aliphatic rings. The maximum absolute atomic E-state index is 2.42. The number of hydrogen-bond acceptors (Lipinski definition) is 0. The molecule has 126 valence electrons. The van der Waals surface area contributed by atoms with Crippen LogP contribution in [0.3, 0.4) is 0 Å². The highest BCUT2D eigenvalue weighted by molar-refractivity contribution is 4.85. The molecule has 0 bridgehead atoms. The topological polar surface area (TPSA) is 0 Å². The summed E-state index contributed by atoms with van der Waals surface area (Å²) < 4.78 is 0. The third-order valence-electron chi connectivity index (χ3n) is 4.88. The Morgan fingerprint density at radius 1 is 0.714 bits per heavy atom. The fraction of sp³-hybridized carbons (Fsp3) is 0.905. The van der Waals surface area contributed by atoms with Gasteiger partial charge in [-0.25, -0.2) is 0 Å². The Labute approximate surface area is 135 Å². The zero-order valence-electron chi connectivity index (χ0n) is 15.7. The molecule has 0 fully saturated rings. The second-order valence-electron chi connectivity index (χ2n) is 7.47. The van der Waals surface area contributed by atoms with Crippen LogP contribution in [-0.2, 0) is 0 Å². The molecule has 0 rings (SSSR count). The van der Waals surface area contributed by atoms with Gasteiger partial charge in [-0.3, -0.25) is 0 Å². The van der Waals surface area contributed by atoms with E-state index in [1.807, 2.05) is 0 Å². The SMILES string of the molecule is CCCC(C)C=CCCCCCCCCCC(C)C(C)C. The minimum atomic E-state index is 0.781. The lowest BCUT2D eigenvalue weighted by Gasteiger charge is -2.14. The number of unbranched alkanes of at least 4 members (excludes halogenated alkanes) is 7. The third-order valence-corrected chi connectivity index (χ3v) is 4.88. The van der Waals surface area contributed by atoms with Crippen molar-refractivity contribution in [3.05, 3.63) is 12.2 Å². The maximum atomic E-state index is 2.42. The summed E-state index contributed by atoms with van der Waals surface area (Å²) in [4.78, 5) is 0. The van der Waals surface area contributed by atoms with Crippen LogP contribution in [-0.4, -0.2) is 0 Å². The van der Waals surface area contributed by atoms with Gasteiger partial charge in [-0.05, 0) is 37.0 Å². The lowest BCUT2D eigenvalue weighted by atomic mass is 9.92. The molecular weight excluding hydrogens is 252 g/mol. The van der Waals surface area contributed by atoms with Crippen LogP contribution in [0.25, 0.3) is 0 Å². The van der Waals surface area contributed by atoms with Crippen LogP contribution in [0, 0.1) is 17.8 Å². The molecule has 2 unspecified atom stereocenters. The van der Waals surface area contributed by atoms with E-state index < -0.39 is 0 Å². The number of hydrogen-bond donors (Lipinski definition) is 0. The van der Waals surface area contributed by atoms with Crippen LogP contribution in [0.2, 0.25) is 0 Å². The van der Waals surface area contributed by atoms with Gasteiger partial charge >= 0.3 is 0 Å². The summed E-state index contributed by atoms with van der Waals surface area (Å²) >= 11 is 0. The molecule has 2 atom stereocenters. The first kappa shape index (κ1) is 20.7. The van der Waals surface area contributed by atoms with Crippen LogP contribution in [0.1, 0.15) is 105 Å². The van der Waals surface area contributed by atoms with E-state index in [9.17, 15) is 0 Å². The molecule has 0 heteroatoms. The highest BCUT2D eigenvalue weighted by atomic mass is 14.1. The molecule has 0 radical (unpaired) electrons. The molecule has 0 saturated carbocycles. The second kappa shape index (κ2) is 14.7. The van der Waals surface area contributed by atoms with Gasteiger partial charge in [0.2, 0.25) is 0 Å². The van der Waals surface area contributed by atoms with E-state index in [0.29, 0.717) is 0 Å². The standard InChI is InChI=1S/C21H42/c1-6-16-20(4)17-14-12-10-8-7-9-11-13-15-18-21(5)19(2)3/h14,17,19-21H,6-13,15-16,18H2,1-5H3. The van der Waals surface area contributed by atoms with Crippen molar-refractivity contribution in [3.8, 4) is 0 Å². The van der Waals surface area contributed by atoms with E-state index >= 15 is 0 Å². The average Bonchev–Trinajstić information content (AvgIpc) is 2.44. The van der Waals surface area contributed by atoms with Crippen LogP contribution >= 0.6 is 0 Å². The Morgan fingerprint density at radius 2 is 1.29 bits per heavy atom. The fourth-order valence-electron chi connectivity index (χ4n) is 2.83. The first-order chi connectivity index (χ1) is 10.1. The summed E-state index contributed by atoms with van der Waals surface area (Å²) in [7, 11) is 0. The Kier molecular flexibility index (Phi) is 14.5. The normalized spacial score (nSPS) is 15.0. The zero-order chi connectivity index (χ0) is 15.9. The van der Waals surface area contributed by atoms with Gasteiger partial charge in [-0.15, -0.1) is 0 Å². The van der Waals surface area contributed by atoms with E-state index in [-0.39, 0.29) is 0 Å². The monoisotopic (exact) mass is 294 g/mol. The highest BCUT2D eigenvalue weighted by Gasteiger charge is 2.05. The van der Waals surface area contributed by atoms with Crippen molar-refractivity contribution in [1.29, 1.82) is 0 Å². The van der Waals surface area contributed by atoms with E-state index in [1.54, 1.807) is 0 Å². The Hall–Kier alpha value is -0.260. The molecule has 0 amide bonds. The van der Waals surface area contributed by atoms with Crippen molar-refractivity contribution in [2.24, 2.45) is 17.8 Å². The lowest BCUT2D eigenvalue weighted by molar-refractivity contribution is 0.374. The van der Waals surface area contributed by atoms with Crippen LogP contribution in [0.5, 0.6) is 0 Å². The largest absolute Gasteiger partial charge is 0.0883 e. The van der Waals surface area contributed by atoms with Gasteiger partial charge in [0, 0.05) is 0 Å². The molecule has 0 aromatic carbocycles. The third kappa shape index (κ3) is 14.4. The fourth-order valence-corrected chi connectivity index (χ4v) is 2.83. The Morgan fingerprint density at radius 3 is 1.86 bits per heavy atom. The summed E-state index contributed by atoms with van der Waals surface area (Å²) in [5.74, 6) is 2.55. The predicted molar refractivity (Wildman–Crippen MR) is 98.8 cm³/mol. The molecule has 0 spiro atoms. The van der Waals surface area contributed by atoms with Crippen LogP contribution in [0.4, 0.5) is 0 Å². The van der Waals surface area contributed by atoms with Crippen LogP contribution < -0.4 is 0 Å². The first-order valence-corrected chi connectivity index (χ1v) is 9.74. The van der Waals surface area contributed by atoms with Crippen LogP contribution in [0.15, 0.2) is 12.2 Å².